The summed E-state index contributed by atoms with van der Waals surface area (Å²) in [5, 5.41) is 9.08. The Morgan fingerprint density at radius 3 is 2.35 bits per heavy atom. The van der Waals surface area contributed by atoms with E-state index in [2.05, 4.69) is 41.8 Å². The normalized spacial score (nSPS) is 15.1. The minimum atomic E-state index is 0.555. The van der Waals surface area contributed by atoms with E-state index >= 15 is 0 Å². The van der Waals surface area contributed by atoms with Crippen LogP contribution < -0.4 is 4.74 Å². The van der Waals surface area contributed by atoms with Crippen LogP contribution in [0.15, 0.2) is 42.5 Å². The Kier molecular flexibility index (Phi) is 6.17. The van der Waals surface area contributed by atoms with E-state index in [9.17, 15) is 0 Å². The lowest BCUT2D eigenvalue weighted by Crippen LogP contribution is -2.49. The molecule has 0 aromatic heterocycles. The monoisotopic (exact) mass is 371 g/mol. The first-order valence-corrected chi connectivity index (χ1v) is 9.43. The Bertz CT molecular complexity index is 749. The lowest BCUT2D eigenvalue weighted by molar-refractivity contribution is 0.153. The van der Waals surface area contributed by atoms with Crippen molar-refractivity contribution in [2.24, 2.45) is 0 Å². The molecule has 1 fully saturated rings. The molecule has 1 aliphatic rings. The molecule has 26 heavy (non-hydrogen) atoms. The molecule has 1 N–H and O–H groups in total. The molecule has 0 bridgehead atoms. The molecule has 0 spiro atoms. The lowest BCUT2D eigenvalue weighted by atomic mass is 10.1. The van der Waals surface area contributed by atoms with Gasteiger partial charge in [-0.15, -0.1) is 0 Å². The Morgan fingerprint density at radius 1 is 1.04 bits per heavy atom. The summed E-state index contributed by atoms with van der Waals surface area (Å²) in [6.45, 7) is 9.37. The molecule has 3 rings (SSSR count). The van der Waals surface area contributed by atoms with Gasteiger partial charge < -0.3 is 9.64 Å². The van der Waals surface area contributed by atoms with Gasteiger partial charge in [-0.25, -0.2) is 0 Å². The number of nitrogens with zero attached hydrogens (tertiary/aromatic N) is 2. The second-order valence-corrected chi connectivity index (χ2v) is 7.19. The van der Waals surface area contributed by atoms with Crippen LogP contribution in [0.25, 0.3) is 0 Å². The maximum atomic E-state index is 8.41. The topological polar surface area (TPSA) is 39.6 Å². The molecule has 0 atom stereocenters. The fourth-order valence-corrected chi connectivity index (χ4v) is 3.51. The molecule has 4 nitrogen and oxygen atoms in total. The fourth-order valence-electron chi connectivity index (χ4n) is 3.32. The third-order valence-electron chi connectivity index (χ3n) is 4.85. The third-order valence-corrected chi connectivity index (χ3v) is 5.08. The molecule has 1 heterocycles. The van der Waals surface area contributed by atoms with E-state index in [1.807, 2.05) is 24.3 Å². The number of nitrogens with one attached hydrogen (secondary N) is 1. The van der Waals surface area contributed by atoms with E-state index in [1.165, 1.54) is 11.1 Å². The van der Waals surface area contributed by atoms with E-state index < -0.39 is 0 Å². The second-order valence-electron chi connectivity index (χ2n) is 6.76. The van der Waals surface area contributed by atoms with E-state index in [4.69, 9.17) is 21.7 Å². The summed E-state index contributed by atoms with van der Waals surface area (Å²) in [7, 11) is 0. The van der Waals surface area contributed by atoms with Crippen molar-refractivity contribution in [2.45, 2.75) is 13.8 Å². The highest BCUT2D eigenvalue weighted by Crippen LogP contribution is 2.22. The van der Waals surface area contributed by atoms with E-state index in [0.717, 1.165) is 44.0 Å². The van der Waals surface area contributed by atoms with E-state index in [-0.39, 0.29) is 0 Å². The highest BCUT2D eigenvalue weighted by molar-refractivity contribution is 6.31. The molecule has 0 radical (unpaired) electrons. The second kappa shape index (κ2) is 8.56. The summed E-state index contributed by atoms with van der Waals surface area (Å²) >= 11 is 6.04. The minimum absolute atomic E-state index is 0.555. The summed E-state index contributed by atoms with van der Waals surface area (Å²) < 4.78 is 6.01. The van der Waals surface area contributed by atoms with E-state index in [0.29, 0.717) is 17.5 Å². The van der Waals surface area contributed by atoms with Crippen molar-refractivity contribution in [1.29, 1.82) is 5.41 Å². The molecular weight excluding hydrogens is 346 g/mol. The molecule has 0 saturated carbocycles. The van der Waals surface area contributed by atoms with Crippen LogP contribution >= 0.6 is 11.6 Å². The first-order valence-electron chi connectivity index (χ1n) is 9.05. The lowest BCUT2D eigenvalue weighted by Gasteiger charge is -2.36. The zero-order valence-corrected chi connectivity index (χ0v) is 16.2. The van der Waals surface area contributed by atoms with Gasteiger partial charge in [-0.1, -0.05) is 41.9 Å². The van der Waals surface area contributed by atoms with Crippen molar-refractivity contribution in [3.8, 4) is 5.75 Å². The standard InChI is InChI=1S/C21H26ClN3O/c1-16-5-3-6-17(2)20(16)26-14-13-24-9-11-25(12-10-24)21(23)18-7-4-8-19(22)15-18/h3-8,15,23H,9-14H2,1-2H3. The Balaban J connectivity index is 1.46. The molecule has 0 unspecified atom stereocenters. The van der Waals surface area contributed by atoms with Gasteiger partial charge in [-0.05, 0) is 37.1 Å². The molecule has 1 saturated heterocycles. The van der Waals surface area contributed by atoms with Gasteiger partial charge >= 0.3 is 0 Å². The van der Waals surface area contributed by atoms with E-state index in [1.54, 1.807) is 0 Å². The van der Waals surface area contributed by atoms with Crippen LogP contribution in [0.1, 0.15) is 16.7 Å². The third kappa shape index (κ3) is 4.57. The molecule has 2 aromatic rings. The zero-order chi connectivity index (χ0) is 18.5. The average molecular weight is 372 g/mol. The van der Waals surface area contributed by atoms with Gasteiger partial charge in [0.05, 0.1) is 0 Å². The number of ether oxygens (including phenoxy) is 1. The SMILES string of the molecule is Cc1cccc(C)c1OCCN1CCN(C(=N)c2cccc(Cl)c2)CC1. The van der Waals surface area contributed by atoms with Crippen molar-refractivity contribution in [3.63, 3.8) is 0 Å². The van der Waals surface area contributed by atoms with Crippen LogP contribution in [0.2, 0.25) is 5.02 Å². The fraction of sp³-hybridized carbons (Fsp3) is 0.381. The van der Waals surface area contributed by atoms with Gasteiger partial charge in [0.2, 0.25) is 0 Å². The molecule has 138 valence electrons. The van der Waals surface area contributed by atoms with Gasteiger partial charge in [0.25, 0.3) is 0 Å². The Labute approximate surface area is 160 Å². The van der Waals surface area contributed by atoms with Gasteiger partial charge in [0.1, 0.15) is 18.2 Å². The maximum absolute atomic E-state index is 8.41. The summed E-state index contributed by atoms with van der Waals surface area (Å²) in [5.74, 6) is 1.56. The quantitative estimate of drug-likeness (QED) is 0.638. The highest BCUT2D eigenvalue weighted by atomic mass is 35.5. The maximum Gasteiger partial charge on any atom is 0.128 e. The van der Waals surface area contributed by atoms with Crippen molar-refractivity contribution >= 4 is 17.4 Å². The molecular formula is C21H26ClN3O. The van der Waals surface area contributed by atoms with Gasteiger partial charge in [0.15, 0.2) is 0 Å². The molecule has 0 amide bonds. The van der Waals surface area contributed by atoms with Crippen molar-refractivity contribution in [2.75, 3.05) is 39.3 Å². The van der Waals surface area contributed by atoms with Crippen LogP contribution in [0.3, 0.4) is 0 Å². The smallest absolute Gasteiger partial charge is 0.128 e. The molecule has 5 heteroatoms. The number of hydrogen-bond acceptors (Lipinski definition) is 3. The predicted octanol–water partition coefficient (Wildman–Crippen LogP) is 3.98. The Morgan fingerprint density at radius 2 is 1.69 bits per heavy atom. The highest BCUT2D eigenvalue weighted by Gasteiger charge is 2.20. The number of halogens is 1. The molecule has 0 aliphatic carbocycles. The number of rotatable bonds is 5. The number of aryl methyl sites for hydroxylation is 2. The van der Waals surface area contributed by atoms with Crippen LogP contribution in [0, 0.1) is 19.3 Å². The van der Waals surface area contributed by atoms with Crippen LogP contribution in [0.5, 0.6) is 5.75 Å². The largest absolute Gasteiger partial charge is 0.492 e. The minimum Gasteiger partial charge on any atom is -0.492 e. The number of benzene rings is 2. The molecule has 2 aromatic carbocycles. The van der Waals surface area contributed by atoms with Crippen molar-refractivity contribution < 1.29 is 4.74 Å². The average Bonchev–Trinajstić information content (AvgIpc) is 2.64. The number of para-hydroxylation sites is 1. The van der Waals surface area contributed by atoms with Crippen LogP contribution in [-0.2, 0) is 0 Å². The zero-order valence-electron chi connectivity index (χ0n) is 15.5. The first kappa shape index (κ1) is 18.7. The van der Waals surface area contributed by atoms with Crippen molar-refractivity contribution in [1.82, 2.24) is 9.80 Å². The predicted molar refractivity (Wildman–Crippen MR) is 108 cm³/mol. The van der Waals surface area contributed by atoms with Crippen LogP contribution in [-0.4, -0.2) is 55.0 Å². The number of piperazine rings is 1. The van der Waals surface area contributed by atoms with Gasteiger partial charge in [-0.3, -0.25) is 10.3 Å². The summed E-state index contributed by atoms with van der Waals surface area (Å²) in [4.78, 5) is 4.52. The van der Waals surface area contributed by atoms with Gasteiger partial charge in [0, 0.05) is 43.3 Å². The van der Waals surface area contributed by atoms with Gasteiger partial charge in [-0.2, -0.15) is 0 Å². The summed E-state index contributed by atoms with van der Waals surface area (Å²) in [6, 6.07) is 13.8. The van der Waals surface area contributed by atoms with Crippen LogP contribution in [0.4, 0.5) is 0 Å². The van der Waals surface area contributed by atoms with Crippen molar-refractivity contribution in [3.05, 3.63) is 64.2 Å². The number of hydrogen-bond donors (Lipinski definition) is 1. The Hall–Kier alpha value is -2.04. The first-order chi connectivity index (χ1) is 12.5. The summed E-state index contributed by atoms with van der Waals surface area (Å²) in [6.07, 6.45) is 0. The molecule has 1 aliphatic heterocycles. The summed E-state index contributed by atoms with van der Waals surface area (Å²) in [5.41, 5.74) is 3.25. The number of amidine groups is 1.